The maximum Gasteiger partial charge on any atom is 0.149 e. The minimum Gasteiger partial charge on any atom is -0.314 e. The zero-order valence-electron chi connectivity index (χ0n) is 12.8. The first-order valence-corrected chi connectivity index (χ1v) is 8.64. The van der Waals surface area contributed by atoms with Gasteiger partial charge < -0.3 is 5.32 Å². The molecule has 1 atom stereocenters. The average Bonchev–Trinajstić information content (AvgIpc) is 2.57. The molecule has 1 aromatic carbocycles. The van der Waals surface area contributed by atoms with Crippen molar-refractivity contribution in [3.8, 4) is 0 Å². The first-order chi connectivity index (χ1) is 10.7. The van der Waals surface area contributed by atoms with Gasteiger partial charge in [-0.3, -0.25) is 4.90 Å². The van der Waals surface area contributed by atoms with Crippen LogP contribution in [0.25, 0.3) is 0 Å². The predicted octanol–water partition coefficient (Wildman–Crippen LogP) is 4.14. The summed E-state index contributed by atoms with van der Waals surface area (Å²) in [6, 6.07) is 2.42. The molecular formula is C17H23ClF2N2. The van der Waals surface area contributed by atoms with Crippen LogP contribution in [0.15, 0.2) is 12.1 Å². The van der Waals surface area contributed by atoms with E-state index in [4.69, 9.17) is 11.6 Å². The Hall–Kier alpha value is -0.710. The van der Waals surface area contributed by atoms with Crippen molar-refractivity contribution in [1.29, 1.82) is 0 Å². The Morgan fingerprint density at radius 3 is 2.45 bits per heavy atom. The summed E-state index contributed by atoms with van der Waals surface area (Å²) in [5.41, 5.74) is 0.182. The molecule has 2 fully saturated rings. The quantitative estimate of drug-likeness (QED) is 0.839. The first-order valence-electron chi connectivity index (χ1n) is 8.26. The maximum atomic E-state index is 14.6. The second-order valence-electron chi connectivity index (χ2n) is 6.39. The minimum absolute atomic E-state index is 0.0207. The van der Waals surface area contributed by atoms with Gasteiger partial charge in [-0.1, -0.05) is 30.9 Å². The molecule has 0 bridgehead atoms. The SMILES string of the molecule is Fc1ccc(Cl)c(F)c1[C@@H](C1CCCCC1)N1CCNCC1. The van der Waals surface area contributed by atoms with Crippen molar-refractivity contribution in [3.05, 3.63) is 34.4 Å². The smallest absolute Gasteiger partial charge is 0.149 e. The van der Waals surface area contributed by atoms with Crippen LogP contribution >= 0.6 is 11.6 Å². The normalized spacial score (nSPS) is 22.7. The van der Waals surface area contributed by atoms with Crippen LogP contribution in [0.2, 0.25) is 5.02 Å². The molecule has 3 rings (SSSR count). The summed E-state index contributed by atoms with van der Waals surface area (Å²) in [5.74, 6) is -0.721. The highest BCUT2D eigenvalue weighted by molar-refractivity contribution is 6.30. The fourth-order valence-electron chi connectivity index (χ4n) is 3.94. The molecule has 1 saturated carbocycles. The lowest BCUT2D eigenvalue weighted by atomic mass is 9.79. The van der Waals surface area contributed by atoms with Crippen molar-refractivity contribution >= 4 is 11.6 Å². The van der Waals surface area contributed by atoms with E-state index in [0.717, 1.165) is 51.9 Å². The van der Waals surface area contributed by atoms with E-state index in [9.17, 15) is 8.78 Å². The van der Waals surface area contributed by atoms with Gasteiger partial charge in [-0.2, -0.15) is 0 Å². The highest BCUT2D eigenvalue weighted by Gasteiger charge is 2.35. The second kappa shape index (κ2) is 7.24. The molecule has 122 valence electrons. The van der Waals surface area contributed by atoms with E-state index in [1.54, 1.807) is 0 Å². The van der Waals surface area contributed by atoms with E-state index in [-0.39, 0.29) is 16.6 Å². The Labute approximate surface area is 135 Å². The van der Waals surface area contributed by atoms with E-state index in [0.29, 0.717) is 5.92 Å². The lowest BCUT2D eigenvalue weighted by Gasteiger charge is -2.41. The van der Waals surface area contributed by atoms with E-state index in [2.05, 4.69) is 10.2 Å². The van der Waals surface area contributed by atoms with Crippen LogP contribution in [0.1, 0.15) is 43.7 Å². The minimum atomic E-state index is -0.573. The van der Waals surface area contributed by atoms with E-state index >= 15 is 0 Å². The number of nitrogens with zero attached hydrogens (tertiary/aromatic N) is 1. The highest BCUT2D eigenvalue weighted by atomic mass is 35.5. The summed E-state index contributed by atoms with van der Waals surface area (Å²) < 4.78 is 29.1. The van der Waals surface area contributed by atoms with Crippen LogP contribution in [-0.2, 0) is 0 Å². The van der Waals surface area contributed by atoms with Crippen molar-refractivity contribution in [2.24, 2.45) is 5.92 Å². The number of halogens is 3. The molecule has 0 aromatic heterocycles. The molecule has 1 aromatic rings. The summed E-state index contributed by atoms with van der Waals surface area (Å²) in [4.78, 5) is 2.24. The molecule has 0 radical (unpaired) electrons. The van der Waals surface area contributed by atoms with E-state index in [1.807, 2.05) is 0 Å². The number of hydrogen-bond donors (Lipinski definition) is 1. The zero-order valence-corrected chi connectivity index (χ0v) is 13.5. The third kappa shape index (κ3) is 3.29. The van der Waals surface area contributed by atoms with Gasteiger partial charge in [-0.25, -0.2) is 8.78 Å². The van der Waals surface area contributed by atoms with Crippen LogP contribution < -0.4 is 5.32 Å². The Morgan fingerprint density at radius 1 is 1.09 bits per heavy atom. The largest absolute Gasteiger partial charge is 0.314 e. The summed E-state index contributed by atoms with van der Waals surface area (Å²) in [7, 11) is 0. The molecule has 0 spiro atoms. The van der Waals surface area contributed by atoms with Crippen LogP contribution in [0, 0.1) is 17.6 Å². The van der Waals surface area contributed by atoms with Gasteiger partial charge in [0.05, 0.1) is 5.02 Å². The first kappa shape index (κ1) is 16.2. The fourth-order valence-corrected chi connectivity index (χ4v) is 4.11. The van der Waals surface area contributed by atoms with Crippen molar-refractivity contribution in [3.63, 3.8) is 0 Å². The van der Waals surface area contributed by atoms with Crippen molar-refractivity contribution in [2.75, 3.05) is 26.2 Å². The molecule has 0 amide bonds. The molecule has 2 nitrogen and oxygen atoms in total. The Morgan fingerprint density at radius 2 is 1.77 bits per heavy atom. The van der Waals surface area contributed by atoms with Gasteiger partial charge in [-0.15, -0.1) is 0 Å². The van der Waals surface area contributed by atoms with Gasteiger partial charge in [0.25, 0.3) is 0 Å². The fraction of sp³-hybridized carbons (Fsp3) is 0.647. The summed E-state index contributed by atoms with van der Waals surface area (Å²) in [6.45, 7) is 3.39. The number of rotatable bonds is 3. The Kier molecular flexibility index (Phi) is 5.32. The third-order valence-electron chi connectivity index (χ3n) is 5.02. The molecule has 1 saturated heterocycles. The number of piperazine rings is 1. The van der Waals surface area contributed by atoms with Gasteiger partial charge in [0.15, 0.2) is 0 Å². The Bertz CT molecular complexity index is 494. The topological polar surface area (TPSA) is 15.3 Å². The van der Waals surface area contributed by atoms with Gasteiger partial charge in [0, 0.05) is 37.8 Å². The summed E-state index contributed by atoms with van der Waals surface area (Å²) in [6.07, 6.45) is 5.61. The highest BCUT2D eigenvalue weighted by Crippen LogP contribution is 2.41. The average molecular weight is 329 g/mol. The predicted molar refractivity (Wildman–Crippen MR) is 85.1 cm³/mol. The molecule has 5 heteroatoms. The van der Waals surface area contributed by atoms with Gasteiger partial charge in [0.1, 0.15) is 11.6 Å². The number of hydrogen-bond acceptors (Lipinski definition) is 2. The molecule has 2 aliphatic rings. The second-order valence-corrected chi connectivity index (χ2v) is 6.79. The molecule has 22 heavy (non-hydrogen) atoms. The van der Waals surface area contributed by atoms with Crippen LogP contribution in [0.4, 0.5) is 8.78 Å². The molecular weight excluding hydrogens is 306 g/mol. The van der Waals surface area contributed by atoms with Gasteiger partial charge in [-0.05, 0) is 30.9 Å². The van der Waals surface area contributed by atoms with Crippen LogP contribution in [-0.4, -0.2) is 31.1 Å². The summed E-state index contributed by atoms with van der Waals surface area (Å²) >= 11 is 5.94. The molecule has 1 heterocycles. The summed E-state index contributed by atoms with van der Waals surface area (Å²) in [5, 5.41) is 3.33. The molecule has 0 unspecified atom stereocenters. The van der Waals surface area contributed by atoms with Crippen LogP contribution in [0.3, 0.4) is 0 Å². The van der Waals surface area contributed by atoms with Gasteiger partial charge in [0.2, 0.25) is 0 Å². The standard InChI is InChI=1S/C17H23ClF2N2/c18-13-6-7-14(19)15(16(13)20)17(12-4-2-1-3-5-12)22-10-8-21-9-11-22/h6-7,12,17,21H,1-5,8-11H2/t17-/m1/s1. The van der Waals surface area contributed by atoms with Crippen molar-refractivity contribution in [1.82, 2.24) is 10.2 Å². The number of benzene rings is 1. The van der Waals surface area contributed by atoms with Crippen molar-refractivity contribution < 1.29 is 8.78 Å². The number of nitrogens with one attached hydrogen (secondary N) is 1. The third-order valence-corrected chi connectivity index (χ3v) is 5.31. The monoisotopic (exact) mass is 328 g/mol. The maximum absolute atomic E-state index is 14.6. The van der Waals surface area contributed by atoms with Crippen molar-refractivity contribution in [2.45, 2.75) is 38.1 Å². The molecule has 1 N–H and O–H groups in total. The van der Waals surface area contributed by atoms with Gasteiger partial charge >= 0.3 is 0 Å². The van der Waals surface area contributed by atoms with E-state index < -0.39 is 11.6 Å². The van der Waals surface area contributed by atoms with Crippen LogP contribution in [0.5, 0.6) is 0 Å². The lowest BCUT2D eigenvalue weighted by Crippen LogP contribution is -2.47. The zero-order chi connectivity index (χ0) is 15.5. The Balaban J connectivity index is 1.98. The lowest BCUT2D eigenvalue weighted by molar-refractivity contribution is 0.0976. The van der Waals surface area contributed by atoms with E-state index in [1.165, 1.54) is 18.6 Å². The molecule has 1 aliphatic heterocycles. The molecule has 1 aliphatic carbocycles.